The maximum absolute atomic E-state index is 11.6. The molecule has 0 unspecified atom stereocenters. The van der Waals surface area contributed by atoms with Gasteiger partial charge in [0, 0.05) is 7.05 Å². The fourth-order valence-corrected chi connectivity index (χ4v) is 2.15. The van der Waals surface area contributed by atoms with Crippen molar-refractivity contribution in [3.8, 4) is 0 Å². The molecular weight excluding hydrogens is 214 g/mol. The molecule has 6 heteroatoms. The summed E-state index contributed by atoms with van der Waals surface area (Å²) in [6.45, 7) is 0. The average Bonchev–Trinajstić information content (AvgIpc) is 2.77. The van der Waals surface area contributed by atoms with E-state index in [0.717, 1.165) is 16.6 Å². The lowest BCUT2D eigenvalue weighted by molar-refractivity contribution is 0.0693. The second-order valence-corrected chi connectivity index (χ2v) is 3.85. The molecule has 3 rings (SSSR count). The maximum atomic E-state index is 11.6. The number of aromatic nitrogens is 2. The molecule has 1 aromatic carbocycles. The highest BCUT2D eigenvalue weighted by molar-refractivity contribution is 7.00. The molecule has 74 valence electrons. The molecule has 1 aliphatic heterocycles. The molecule has 5 nitrogen and oxygen atoms in total. The van der Waals surface area contributed by atoms with E-state index in [1.54, 1.807) is 12.1 Å². The zero-order valence-electron chi connectivity index (χ0n) is 7.72. The van der Waals surface area contributed by atoms with Crippen LogP contribution in [-0.4, -0.2) is 32.5 Å². The minimum atomic E-state index is -0.273. The molecule has 2 aromatic rings. The molecule has 0 aliphatic carbocycles. The van der Waals surface area contributed by atoms with Crippen LogP contribution in [0.3, 0.4) is 0 Å². The second-order valence-electron chi connectivity index (χ2n) is 3.32. The smallest absolute Gasteiger partial charge is 0.261 e. The Morgan fingerprint density at radius 3 is 2.00 bits per heavy atom. The van der Waals surface area contributed by atoms with Crippen LogP contribution in [0.5, 0.6) is 0 Å². The summed E-state index contributed by atoms with van der Waals surface area (Å²) in [4.78, 5) is 24.4. The van der Waals surface area contributed by atoms with Crippen LogP contribution in [0.2, 0.25) is 0 Å². The van der Waals surface area contributed by atoms with Crippen LogP contribution in [0.15, 0.2) is 12.1 Å². The van der Waals surface area contributed by atoms with Gasteiger partial charge in [0.2, 0.25) is 0 Å². The first kappa shape index (κ1) is 8.49. The topological polar surface area (TPSA) is 63.2 Å². The molecule has 0 saturated heterocycles. The molecule has 0 spiro atoms. The van der Waals surface area contributed by atoms with Crippen molar-refractivity contribution in [2.45, 2.75) is 0 Å². The van der Waals surface area contributed by atoms with Gasteiger partial charge in [0.1, 0.15) is 11.0 Å². The highest BCUT2D eigenvalue weighted by Gasteiger charge is 2.33. The molecule has 0 radical (unpaired) electrons. The standard InChI is InChI=1S/C9H5N3O2S/c1-12-8(13)4-2-6-7(11-15-10-6)3-5(4)9(12)14/h2-3H,1H3. The third kappa shape index (κ3) is 0.964. The van der Waals surface area contributed by atoms with Gasteiger partial charge in [-0.2, -0.15) is 8.75 Å². The first-order chi connectivity index (χ1) is 7.18. The lowest BCUT2D eigenvalue weighted by Gasteiger charge is -2.02. The number of benzene rings is 1. The van der Waals surface area contributed by atoms with Crippen LogP contribution in [-0.2, 0) is 0 Å². The molecule has 15 heavy (non-hydrogen) atoms. The van der Waals surface area contributed by atoms with E-state index in [0.29, 0.717) is 22.2 Å². The van der Waals surface area contributed by atoms with Gasteiger partial charge in [-0.25, -0.2) is 0 Å². The van der Waals surface area contributed by atoms with Crippen molar-refractivity contribution in [1.82, 2.24) is 13.6 Å². The van der Waals surface area contributed by atoms with Gasteiger partial charge in [-0.05, 0) is 12.1 Å². The first-order valence-corrected chi connectivity index (χ1v) is 5.00. The van der Waals surface area contributed by atoms with Crippen LogP contribution in [0.25, 0.3) is 11.0 Å². The molecule has 2 amide bonds. The Bertz CT molecular complexity index is 554. The Balaban J connectivity index is 2.39. The Hall–Kier alpha value is -1.82. The highest BCUT2D eigenvalue weighted by Crippen LogP contribution is 2.25. The van der Waals surface area contributed by atoms with Crippen LogP contribution in [0.1, 0.15) is 20.7 Å². The predicted molar refractivity (Wildman–Crippen MR) is 53.8 cm³/mol. The lowest BCUT2D eigenvalue weighted by Crippen LogP contribution is -2.24. The second kappa shape index (κ2) is 2.60. The van der Waals surface area contributed by atoms with E-state index in [2.05, 4.69) is 8.75 Å². The van der Waals surface area contributed by atoms with E-state index in [1.807, 2.05) is 0 Å². The van der Waals surface area contributed by atoms with Crippen molar-refractivity contribution in [3.05, 3.63) is 23.3 Å². The van der Waals surface area contributed by atoms with Crippen molar-refractivity contribution in [2.75, 3.05) is 7.05 Å². The van der Waals surface area contributed by atoms with Crippen LogP contribution >= 0.6 is 11.7 Å². The van der Waals surface area contributed by atoms with Gasteiger partial charge < -0.3 is 0 Å². The van der Waals surface area contributed by atoms with Crippen LogP contribution < -0.4 is 0 Å². The highest BCUT2D eigenvalue weighted by atomic mass is 32.1. The van der Waals surface area contributed by atoms with E-state index in [1.165, 1.54) is 7.05 Å². The molecule has 1 aromatic heterocycles. The zero-order valence-corrected chi connectivity index (χ0v) is 8.54. The lowest BCUT2D eigenvalue weighted by atomic mass is 10.1. The molecular formula is C9H5N3O2S. The molecule has 0 saturated carbocycles. The minimum Gasteiger partial charge on any atom is -0.277 e. The number of nitrogens with zero attached hydrogens (tertiary/aromatic N) is 3. The number of carbonyl (C=O) groups is 2. The summed E-state index contributed by atoms with van der Waals surface area (Å²) in [6, 6.07) is 3.25. The number of imide groups is 1. The van der Waals surface area contributed by atoms with Gasteiger partial charge in [0.15, 0.2) is 0 Å². The normalized spacial score (nSPS) is 15.1. The van der Waals surface area contributed by atoms with E-state index in [9.17, 15) is 9.59 Å². The Labute approximate surface area is 88.6 Å². The summed E-state index contributed by atoms with van der Waals surface area (Å²) in [5, 5.41) is 0. The summed E-state index contributed by atoms with van der Waals surface area (Å²) in [6.07, 6.45) is 0. The monoisotopic (exact) mass is 219 g/mol. The van der Waals surface area contributed by atoms with Crippen molar-refractivity contribution in [3.63, 3.8) is 0 Å². The molecule has 0 fully saturated rings. The quantitative estimate of drug-likeness (QED) is 0.618. The molecule has 1 aliphatic rings. The van der Waals surface area contributed by atoms with Gasteiger partial charge in [0.25, 0.3) is 11.8 Å². The summed E-state index contributed by atoms with van der Waals surface area (Å²) in [5.74, 6) is -0.546. The summed E-state index contributed by atoms with van der Waals surface area (Å²) in [5.41, 5.74) is 2.16. The third-order valence-electron chi connectivity index (χ3n) is 2.46. The van der Waals surface area contributed by atoms with Gasteiger partial charge in [-0.15, -0.1) is 0 Å². The van der Waals surface area contributed by atoms with Gasteiger partial charge in [-0.3, -0.25) is 14.5 Å². The van der Waals surface area contributed by atoms with E-state index >= 15 is 0 Å². The number of amides is 2. The largest absolute Gasteiger partial charge is 0.277 e. The van der Waals surface area contributed by atoms with Crippen LogP contribution in [0, 0.1) is 0 Å². The Morgan fingerprint density at radius 2 is 1.53 bits per heavy atom. The van der Waals surface area contributed by atoms with Gasteiger partial charge in [0.05, 0.1) is 22.9 Å². The minimum absolute atomic E-state index is 0.273. The average molecular weight is 219 g/mol. The number of hydrogen-bond acceptors (Lipinski definition) is 5. The summed E-state index contributed by atoms with van der Waals surface area (Å²) in [7, 11) is 1.47. The first-order valence-electron chi connectivity index (χ1n) is 4.27. The van der Waals surface area contributed by atoms with Crippen molar-refractivity contribution < 1.29 is 9.59 Å². The number of fused-ring (bicyclic) bond motifs is 2. The summed E-state index contributed by atoms with van der Waals surface area (Å²) < 4.78 is 8.06. The molecule has 0 bridgehead atoms. The third-order valence-corrected chi connectivity index (χ3v) is 3.02. The zero-order chi connectivity index (χ0) is 10.6. The van der Waals surface area contributed by atoms with E-state index < -0.39 is 0 Å². The SMILES string of the molecule is CN1C(=O)c2cc3nsnc3cc2C1=O. The number of carbonyl (C=O) groups excluding carboxylic acids is 2. The van der Waals surface area contributed by atoms with E-state index in [4.69, 9.17) is 0 Å². The Kier molecular flexibility index (Phi) is 1.47. The van der Waals surface area contributed by atoms with Crippen molar-refractivity contribution in [1.29, 1.82) is 0 Å². The van der Waals surface area contributed by atoms with Crippen molar-refractivity contribution in [2.24, 2.45) is 0 Å². The number of rotatable bonds is 0. The molecule has 0 N–H and O–H groups in total. The van der Waals surface area contributed by atoms with Crippen molar-refractivity contribution >= 4 is 34.6 Å². The van der Waals surface area contributed by atoms with Gasteiger partial charge >= 0.3 is 0 Å². The Morgan fingerprint density at radius 1 is 1.07 bits per heavy atom. The van der Waals surface area contributed by atoms with Crippen LogP contribution in [0.4, 0.5) is 0 Å². The fourth-order valence-electron chi connectivity index (χ4n) is 1.64. The number of hydrogen-bond donors (Lipinski definition) is 0. The van der Waals surface area contributed by atoms with Gasteiger partial charge in [-0.1, -0.05) is 0 Å². The molecule has 0 atom stereocenters. The summed E-state index contributed by atoms with van der Waals surface area (Å²) >= 11 is 1.07. The fraction of sp³-hybridized carbons (Fsp3) is 0.111. The predicted octanol–water partition coefficient (Wildman–Crippen LogP) is 0.917. The van der Waals surface area contributed by atoms with E-state index in [-0.39, 0.29) is 11.8 Å². The maximum Gasteiger partial charge on any atom is 0.261 e. The molecule has 2 heterocycles.